The second-order valence-electron chi connectivity index (χ2n) is 3.58. The first kappa shape index (κ1) is 12.0. The molecule has 12 heavy (non-hydrogen) atoms. The topological polar surface area (TPSA) is 17.1 Å². The van der Waals surface area contributed by atoms with Crippen molar-refractivity contribution in [2.45, 2.75) is 39.5 Å². The Morgan fingerprint density at radius 2 is 1.83 bits per heavy atom. The molecule has 0 atom stereocenters. The average Bonchev–Trinajstić information content (AvgIpc) is 1.95. The molecule has 0 aliphatic rings. The zero-order valence-corrected chi connectivity index (χ0v) is 9.66. The van der Waals surface area contributed by atoms with Gasteiger partial charge in [0.15, 0.2) is 0 Å². The zero-order valence-electron chi connectivity index (χ0n) is 8.76. The molecule has 0 saturated heterocycles. The Bertz CT molecular complexity index is 188. The Morgan fingerprint density at radius 1 is 1.25 bits per heavy atom. The SMILES string of the molecule is CCC/C=C(\CCC)P(C)(C)=O. The summed E-state index contributed by atoms with van der Waals surface area (Å²) in [6.45, 7) is 8.01. The fourth-order valence-corrected chi connectivity index (χ4v) is 2.49. The van der Waals surface area contributed by atoms with Gasteiger partial charge in [-0.05, 0) is 31.5 Å². The van der Waals surface area contributed by atoms with E-state index >= 15 is 0 Å². The van der Waals surface area contributed by atoms with Crippen LogP contribution >= 0.6 is 7.14 Å². The third kappa shape index (κ3) is 4.77. The summed E-state index contributed by atoms with van der Waals surface area (Å²) in [5.74, 6) is 0. The van der Waals surface area contributed by atoms with E-state index in [0.29, 0.717) is 0 Å². The van der Waals surface area contributed by atoms with Gasteiger partial charge in [0.05, 0.1) is 0 Å². The fourth-order valence-electron chi connectivity index (χ4n) is 1.16. The quantitative estimate of drug-likeness (QED) is 0.594. The summed E-state index contributed by atoms with van der Waals surface area (Å²) >= 11 is 0. The lowest BCUT2D eigenvalue weighted by atomic mass is 10.2. The zero-order chi connectivity index (χ0) is 9.61. The van der Waals surface area contributed by atoms with Crippen LogP contribution in [-0.2, 0) is 4.57 Å². The van der Waals surface area contributed by atoms with Crippen molar-refractivity contribution in [3.8, 4) is 0 Å². The van der Waals surface area contributed by atoms with E-state index < -0.39 is 7.14 Å². The van der Waals surface area contributed by atoms with Gasteiger partial charge in [0.25, 0.3) is 0 Å². The van der Waals surface area contributed by atoms with Crippen LogP contribution in [0, 0.1) is 0 Å². The minimum Gasteiger partial charge on any atom is -0.320 e. The van der Waals surface area contributed by atoms with E-state index in [1.165, 1.54) is 5.31 Å². The molecule has 2 heteroatoms. The summed E-state index contributed by atoms with van der Waals surface area (Å²) in [6, 6.07) is 0. The van der Waals surface area contributed by atoms with E-state index in [4.69, 9.17) is 0 Å². The number of hydrogen-bond donors (Lipinski definition) is 0. The molecule has 0 amide bonds. The Labute approximate surface area is 76.6 Å². The highest BCUT2D eigenvalue weighted by Crippen LogP contribution is 2.48. The van der Waals surface area contributed by atoms with Crippen molar-refractivity contribution in [1.82, 2.24) is 0 Å². The van der Waals surface area contributed by atoms with Gasteiger partial charge in [-0.3, -0.25) is 0 Å². The maximum Gasteiger partial charge on any atom is 0.105 e. The molecule has 0 heterocycles. The molecular weight excluding hydrogens is 167 g/mol. The Kier molecular flexibility index (Phi) is 5.57. The van der Waals surface area contributed by atoms with E-state index in [1.807, 2.05) is 13.3 Å². The van der Waals surface area contributed by atoms with Crippen LogP contribution in [0.2, 0.25) is 0 Å². The Morgan fingerprint density at radius 3 is 2.17 bits per heavy atom. The third-order valence-corrected chi connectivity index (χ3v) is 3.66. The molecule has 0 aliphatic carbocycles. The highest BCUT2D eigenvalue weighted by molar-refractivity contribution is 7.66. The Balaban J connectivity index is 4.33. The van der Waals surface area contributed by atoms with E-state index in [-0.39, 0.29) is 0 Å². The molecule has 0 aromatic carbocycles. The number of unbranched alkanes of at least 4 members (excludes halogenated alkanes) is 1. The molecule has 0 unspecified atom stereocenters. The van der Waals surface area contributed by atoms with Gasteiger partial charge in [-0.2, -0.15) is 0 Å². The molecule has 0 fully saturated rings. The predicted octanol–water partition coefficient (Wildman–Crippen LogP) is 4.09. The lowest BCUT2D eigenvalue weighted by Gasteiger charge is -2.10. The van der Waals surface area contributed by atoms with Gasteiger partial charge in [-0.25, -0.2) is 0 Å². The summed E-state index contributed by atoms with van der Waals surface area (Å²) in [5.41, 5.74) is 0. The number of hydrogen-bond acceptors (Lipinski definition) is 1. The minimum atomic E-state index is -1.96. The minimum absolute atomic E-state index is 1.00. The maximum atomic E-state index is 11.7. The van der Waals surface area contributed by atoms with Crippen molar-refractivity contribution < 1.29 is 4.57 Å². The average molecular weight is 188 g/mol. The van der Waals surface area contributed by atoms with Crippen molar-refractivity contribution >= 4 is 7.14 Å². The molecule has 0 bridgehead atoms. The summed E-state index contributed by atoms with van der Waals surface area (Å²) in [4.78, 5) is 0. The van der Waals surface area contributed by atoms with Crippen LogP contribution in [-0.4, -0.2) is 13.3 Å². The lowest BCUT2D eigenvalue weighted by molar-refractivity contribution is 0.584. The van der Waals surface area contributed by atoms with Crippen molar-refractivity contribution in [3.05, 3.63) is 11.4 Å². The van der Waals surface area contributed by atoms with Crippen LogP contribution in [0.15, 0.2) is 11.4 Å². The first-order valence-corrected chi connectivity index (χ1v) is 7.37. The van der Waals surface area contributed by atoms with Crippen molar-refractivity contribution in [2.75, 3.05) is 13.3 Å². The third-order valence-electron chi connectivity index (χ3n) is 1.87. The van der Waals surface area contributed by atoms with Gasteiger partial charge in [-0.1, -0.05) is 32.8 Å². The van der Waals surface area contributed by atoms with Crippen LogP contribution in [0.25, 0.3) is 0 Å². The normalized spacial score (nSPS) is 13.5. The van der Waals surface area contributed by atoms with Crippen molar-refractivity contribution in [1.29, 1.82) is 0 Å². The molecule has 0 aromatic rings. The lowest BCUT2D eigenvalue weighted by Crippen LogP contribution is -1.84. The van der Waals surface area contributed by atoms with Gasteiger partial charge >= 0.3 is 0 Å². The first-order valence-electron chi connectivity index (χ1n) is 4.77. The second-order valence-corrected chi connectivity index (χ2v) is 6.86. The molecule has 0 rings (SSSR count). The maximum absolute atomic E-state index is 11.7. The highest BCUT2D eigenvalue weighted by Gasteiger charge is 2.12. The smallest absolute Gasteiger partial charge is 0.105 e. The molecule has 0 saturated carbocycles. The largest absolute Gasteiger partial charge is 0.320 e. The highest BCUT2D eigenvalue weighted by atomic mass is 31.2. The van der Waals surface area contributed by atoms with Gasteiger partial charge in [0.1, 0.15) is 7.14 Å². The standard InChI is InChI=1S/C10H21OP/c1-5-7-9-10(8-6-2)12(3,4)11/h9H,5-8H2,1-4H3/b10-9+. The second kappa shape index (κ2) is 5.59. The molecule has 1 nitrogen and oxygen atoms in total. The summed E-state index contributed by atoms with van der Waals surface area (Å²) < 4.78 is 11.7. The van der Waals surface area contributed by atoms with Crippen molar-refractivity contribution in [2.24, 2.45) is 0 Å². The molecule has 0 aromatic heterocycles. The molecule has 72 valence electrons. The summed E-state index contributed by atoms with van der Waals surface area (Å²) in [6.07, 6.45) is 6.49. The number of rotatable bonds is 5. The van der Waals surface area contributed by atoms with Gasteiger partial charge in [0, 0.05) is 0 Å². The predicted molar refractivity (Wildman–Crippen MR) is 57.4 cm³/mol. The van der Waals surface area contributed by atoms with Crippen LogP contribution in [0.5, 0.6) is 0 Å². The van der Waals surface area contributed by atoms with E-state index in [0.717, 1.165) is 25.7 Å². The van der Waals surface area contributed by atoms with E-state index in [1.54, 1.807) is 0 Å². The van der Waals surface area contributed by atoms with E-state index in [9.17, 15) is 4.57 Å². The van der Waals surface area contributed by atoms with E-state index in [2.05, 4.69) is 19.9 Å². The number of allylic oxidation sites excluding steroid dienone is 2. The summed E-state index contributed by atoms with van der Waals surface area (Å²) in [5, 5.41) is 1.19. The molecular formula is C10H21OP. The van der Waals surface area contributed by atoms with Crippen LogP contribution in [0.1, 0.15) is 39.5 Å². The monoisotopic (exact) mass is 188 g/mol. The summed E-state index contributed by atoms with van der Waals surface area (Å²) in [7, 11) is -1.96. The molecule has 0 N–H and O–H groups in total. The molecule has 0 spiro atoms. The van der Waals surface area contributed by atoms with Gasteiger partial charge in [0.2, 0.25) is 0 Å². The van der Waals surface area contributed by atoms with Gasteiger partial charge < -0.3 is 4.57 Å². The van der Waals surface area contributed by atoms with Crippen LogP contribution < -0.4 is 0 Å². The first-order chi connectivity index (χ1) is 5.52. The van der Waals surface area contributed by atoms with Gasteiger partial charge in [-0.15, -0.1) is 0 Å². The van der Waals surface area contributed by atoms with Crippen molar-refractivity contribution in [3.63, 3.8) is 0 Å². The molecule has 0 aliphatic heterocycles. The fraction of sp³-hybridized carbons (Fsp3) is 0.800. The van der Waals surface area contributed by atoms with Crippen LogP contribution in [0.3, 0.4) is 0 Å². The van der Waals surface area contributed by atoms with Crippen LogP contribution in [0.4, 0.5) is 0 Å². The molecule has 0 radical (unpaired) electrons. The Hall–Kier alpha value is -0.0300.